The van der Waals surface area contributed by atoms with Crippen LogP contribution in [-0.4, -0.2) is 28.5 Å². The maximum Gasteiger partial charge on any atom is 0.257 e. The molecule has 0 aliphatic carbocycles. The molecule has 1 saturated heterocycles. The average Bonchev–Trinajstić information content (AvgIpc) is 3.15. The topological polar surface area (TPSA) is 64.4 Å². The number of imide groups is 1. The lowest BCUT2D eigenvalue weighted by molar-refractivity contribution is -0.122. The van der Waals surface area contributed by atoms with Crippen molar-refractivity contribution >= 4 is 28.5 Å². The fourth-order valence-electron chi connectivity index (χ4n) is 3.13. The van der Waals surface area contributed by atoms with Crippen molar-refractivity contribution in [1.82, 2.24) is 9.55 Å². The van der Waals surface area contributed by atoms with Crippen LogP contribution in [0.4, 0.5) is 5.69 Å². The van der Waals surface area contributed by atoms with Crippen LogP contribution in [0.1, 0.15) is 12.5 Å². The van der Waals surface area contributed by atoms with Gasteiger partial charge in [0, 0.05) is 0 Å². The summed E-state index contributed by atoms with van der Waals surface area (Å²) in [5.74, 6) is -0.0183. The maximum atomic E-state index is 12.9. The Balaban J connectivity index is 1.77. The van der Waals surface area contributed by atoms with Gasteiger partial charge in [-0.1, -0.05) is 24.3 Å². The van der Waals surface area contributed by atoms with Gasteiger partial charge in [0.05, 0.1) is 36.6 Å². The molecule has 1 unspecified atom stereocenters. The standard InChI is InChI=1S/C18H15N3O3/c1-24-16-9-5-4-8-14(16)21-17(22)10-15(18(21)23)20-11-19-12-6-2-3-7-13(12)20/h2-9,11,15H,10H2,1H3. The van der Waals surface area contributed by atoms with Crippen molar-refractivity contribution in [2.75, 3.05) is 12.0 Å². The van der Waals surface area contributed by atoms with Gasteiger partial charge in [0.25, 0.3) is 5.91 Å². The monoisotopic (exact) mass is 321 g/mol. The number of aromatic nitrogens is 2. The van der Waals surface area contributed by atoms with Gasteiger partial charge in [0.2, 0.25) is 5.91 Å². The SMILES string of the molecule is COc1ccccc1N1C(=O)CC(n2cnc3ccccc32)C1=O. The average molecular weight is 321 g/mol. The first kappa shape index (κ1) is 14.4. The zero-order chi connectivity index (χ0) is 16.7. The summed E-state index contributed by atoms with van der Waals surface area (Å²) < 4.78 is 7.05. The normalized spacial score (nSPS) is 17.7. The number of hydrogen-bond donors (Lipinski definition) is 0. The zero-order valence-electron chi connectivity index (χ0n) is 13.0. The van der Waals surface area contributed by atoms with E-state index in [2.05, 4.69) is 4.98 Å². The van der Waals surface area contributed by atoms with Gasteiger partial charge >= 0.3 is 0 Å². The second-order valence-electron chi connectivity index (χ2n) is 5.60. The fraction of sp³-hybridized carbons (Fsp3) is 0.167. The third-order valence-electron chi connectivity index (χ3n) is 4.27. The van der Waals surface area contributed by atoms with E-state index >= 15 is 0 Å². The summed E-state index contributed by atoms with van der Waals surface area (Å²) in [6, 6.07) is 14.0. The number of carbonyl (C=O) groups excluding carboxylic acids is 2. The number of methoxy groups -OCH3 is 1. The fourth-order valence-corrected chi connectivity index (χ4v) is 3.13. The van der Waals surface area contributed by atoms with Crippen molar-refractivity contribution in [3.63, 3.8) is 0 Å². The second-order valence-corrected chi connectivity index (χ2v) is 5.60. The van der Waals surface area contributed by atoms with Crippen LogP contribution < -0.4 is 9.64 Å². The summed E-state index contributed by atoms with van der Waals surface area (Å²) >= 11 is 0. The highest BCUT2D eigenvalue weighted by Crippen LogP contribution is 2.36. The number of rotatable bonds is 3. The smallest absolute Gasteiger partial charge is 0.257 e. The van der Waals surface area contributed by atoms with Crippen molar-refractivity contribution < 1.29 is 14.3 Å². The van der Waals surface area contributed by atoms with Crippen LogP contribution in [0.3, 0.4) is 0 Å². The van der Waals surface area contributed by atoms with Crippen molar-refractivity contribution in [2.24, 2.45) is 0 Å². The van der Waals surface area contributed by atoms with Crippen LogP contribution in [0, 0.1) is 0 Å². The molecule has 0 saturated carbocycles. The van der Waals surface area contributed by atoms with Gasteiger partial charge in [-0.3, -0.25) is 9.59 Å². The molecule has 1 aliphatic rings. The molecule has 0 radical (unpaired) electrons. The highest BCUT2D eigenvalue weighted by Gasteiger charge is 2.42. The van der Waals surface area contributed by atoms with E-state index in [-0.39, 0.29) is 18.2 Å². The summed E-state index contributed by atoms with van der Waals surface area (Å²) in [6.45, 7) is 0. The molecule has 3 aromatic rings. The van der Waals surface area contributed by atoms with Gasteiger partial charge < -0.3 is 9.30 Å². The highest BCUT2D eigenvalue weighted by molar-refractivity contribution is 6.22. The summed E-state index contributed by atoms with van der Waals surface area (Å²) in [6.07, 6.45) is 1.73. The minimum absolute atomic E-state index is 0.108. The molecule has 2 aromatic carbocycles. The Bertz CT molecular complexity index is 947. The number of amides is 2. The van der Waals surface area contributed by atoms with Crippen molar-refractivity contribution in [2.45, 2.75) is 12.5 Å². The van der Waals surface area contributed by atoms with E-state index in [1.54, 1.807) is 35.2 Å². The minimum Gasteiger partial charge on any atom is -0.495 e. The summed E-state index contributed by atoms with van der Waals surface area (Å²) in [7, 11) is 1.52. The lowest BCUT2D eigenvalue weighted by atomic mass is 10.2. The first-order chi connectivity index (χ1) is 11.7. The summed E-state index contributed by atoms with van der Waals surface area (Å²) in [4.78, 5) is 31.0. The molecule has 24 heavy (non-hydrogen) atoms. The molecular formula is C18H15N3O3. The Morgan fingerprint density at radius 3 is 2.67 bits per heavy atom. The van der Waals surface area contributed by atoms with Crippen LogP contribution in [0.15, 0.2) is 54.9 Å². The Labute approximate surface area is 138 Å². The van der Waals surface area contributed by atoms with Crippen LogP contribution >= 0.6 is 0 Å². The molecule has 6 heteroatoms. The van der Waals surface area contributed by atoms with Gasteiger partial charge in [-0.25, -0.2) is 9.88 Å². The molecular weight excluding hydrogens is 306 g/mol. The Kier molecular flexibility index (Phi) is 3.30. The largest absolute Gasteiger partial charge is 0.495 e. The molecule has 1 fully saturated rings. The molecule has 120 valence electrons. The van der Waals surface area contributed by atoms with E-state index < -0.39 is 6.04 Å². The molecule has 4 rings (SSSR count). The molecule has 1 aromatic heterocycles. The number of nitrogens with zero attached hydrogens (tertiary/aromatic N) is 3. The molecule has 1 atom stereocenters. The Morgan fingerprint density at radius 1 is 1.08 bits per heavy atom. The number of imidazole rings is 1. The lowest BCUT2D eigenvalue weighted by Crippen LogP contribution is -2.31. The number of para-hydroxylation sites is 4. The van der Waals surface area contributed by atoms with E-state index in [0.717, 1.165) is 11.0 Å². The Morgan fingerprint density at radius 2 is 1.83 bits per heavy atom. The lowest BCUT2D eigenvalue weighted by Gasteiger charge is -2.18. The van der Waals surface area contributed by atoms with E-state index in [0.29, 0.717) is 11.4 Å². The Hall–Kier alpha value is -3.15. The van der Waals surface area contributed by atoms with Crippen molar-refractivity contribution in [3.8, 4) is 5.75 Å². The van der Waals surface area contributed by atoms with Gasteiger partial charge in [0.1, 0.15) is 11.8 Å². The first-order valence-electron chi connectivity index (χ1n) is 7.62. The molecule has 0 bridgehead atoms. The van der Waals surface area contributed by atoms with Crippen LogP contribution in [0.2, 0.25) is 0 Å². The number of hydrogen-bond acceptors (Lipinski definition) is 4. The molecule has 2 amide bonds. The van der Waals surface area contributed by atoms with E-state index in [1.165, 1.54) is 12.0 Å². The summed E-state index contributed by atoms with van der Waals surface area (Å²) in [5, 5.41) is 0. The van der Waals surface area contributed by atoms with Crippen molar-refractivity contribution in [1.29, 1.82) is 0 Å². The molecule has 6 nitrogen and oxygen atoms in total. The number of anilines is 1. The van der Waals surface area contributed by atoms with Crippen molar-refractivity contribution in [3.05, 3.63) is 54.9 Å². The molecule has 2 heterocycles. The summed E-state index contributed by atoms with van der Waals surface area (Å²) in [5.41, 5.74) is 2.11. The van der Waals surface area contributed by atoms with E-state index in [4.69, 9.17) is 4.74 Å². The highest BCUT2D eigenvalue weighted by atomic mass is 16.5. The quantitative estimate of drug-likeness (QED) is 0.696. The minimum atomic E-state index is -0.588. The van der Waals surface area contributed by atoms with E-state index in [9.17, 15) is 9.59 Å². The number of fused-ring (bicyclic) bond motifs is 1. The van der Waals surface area contributed by atoms with Crippen LogP contribution in [0.25, 0.3) is 11.0 Å². The maximum absolute atomic E-state index is 12.9. The number of carbonyl (C=O) groups is 2. The zero-order valence-corrected chi connectivity index (χ0v) is 13.0. The van der Waals surface area contributed by atoms with Gasteiger partial charge in [-0.2, -0.15) is 0 Å². The second kappa shape index (κ2) is 5.49. The molecule has 0 spiro atoms. The first-order valence-corrected chi connectivity index (χ1v) is 7.62. The van der Waals surface area contributed by atoms with Gasteiger partial charge in [-0.15, -0.1) is 0 Å². The molecule has 0 N–H and O–H groups in total. The van der Waals surface area contributed by atoms with Gasteiger partial charge in [-0.05, 0) is 24.3 Å². The predicted octanol–water partition coefficient (Wildman–Crippen LogP) is 2.55. The molecule has 1 aliphatic heterocycles. The van der Waals surface area contributed by atoms with Gasteiger partial charge in [0.15, 0.2) is 0 Å². The number of benzene rings is 2. The third-order valence-corrected chi connectivity index (χ3v) is 4.27. The van der Waals surface area contributed by atoms with E-state index in [1.807, 2.05) is 24.3 Å². The third kappa shape index (κ3) is 2.07. The van der Waals surface area contributed by atoms with Crippen LogP contribution in [0.5, 0.6) is 5.75 Å². The van der Waals surface area contributed by atoms with Crippen LogP contribution in [-0.2, 0) is 9.59 Å². The number of ether oxygens (including phenoxy) is 1. The predicted molar refractivity (Wildman–Crippen MR) is 88.9 cm³/mol.